The van der Waals surface area contributed by atoms with E-state index in [0.717, 1.165) is 11.1 Å². The lowest BCUT2D eigenvalue weighted by atomic mass is 10.2. The maximum Gasteiger partial charge on any atom is 0.321 e. The van der Waals surface area contributed by atoms with Crippen molar-refractivity contribution in [2.75, 3.05) is 5.32 Å². The number of benzene rings is 1. The van der Waals surface area contributed by atoms with Crippen LogP contribution in [0.15, 0.2) is 48.8 Å². The van der Waals surface area contributed by atoms with Crippen LogP contribution in [0.3, 0.4) is 0 Å². The molecule has 0 radical (unpaired) electrons. The van der Waals surface area contributed by atoms with Crippen molar-refractivity contribution in [2.24, 2.45) is 0 Å². The molecule has 0 spiro atoms. The smallest absolute Gasteiger partial charge is 0.321 e. The van der Waals surface area contributed by atoms with Crippen LogP contribution in [0.25, 0.3) is 11.4 Å². The van der Waals surface area contributed by atoms with Crippen LogP contribution in [0.2, 0.25) is 5.02 Å². The van der Waals surface area contributed by atoms with Crippen molar-refractivity contribution in [3.05, 3.63) is 59.4 Å². The number of amides is 2. The van der Waals surface area contributed by atoms with E-state index in [-0.39, 0.29) is 5.95 Å². The summed E-state index contributed by atoms with van der Waals surface area (Å²) >= 11 is 5.89. The Morgan fingerprint density at radius 2 is 2.04 bits per heavy atom. The molecule has 2 amide bonds. The number of aromatic amines is 1. The molecule has 23 heavy (non-hydrogen) atoms. The molecule has 3 rings (SSSR count). The Balaban J connectivity index is 1.57. The van der Waals surface area contributed by atoms with Crippen molar-refractivity contribution in [3.63, 3.8) is 0 Å². The van der Waals surface area contributed by atoms with Crippen molar-refractivity contribution in [1.82, 2.24) is 25.5 Å². The highest BCUT2D eigenvalue weighted by atomic mass is 35.5. The van der Waals surface area contributed by atoms with Gasteiger partial charge in [0.2, 0.25) is 5.95 Å². The number of nitrogens with one attached hydrogen (secondary N) is 3. The standard InChI is InChI=1S/C15H13ClN6O/c16-12-3-1-2-10(8-12)9-18-15(23)20-14-19-13(21-22-14)11-4-6-17-7-5-11/h1-8H,9H2,(H3,18,19,20,21,22,23). The first-order chi connectivity index (χ1) is 11.2. The molecular weight excluding hydrogens is 316 g/mol. The van der Waals surface area contributed by atoms with Gasteiger partial charge < -0.3 is 5.32 Å². The third-order valence-corrected chi connectivity index (χ3v) is 3.24. The van der Waals surface area contributed by atoms with Crippen molar-refractivity contribution >= 4 is 23.6 Å². The van der Waals surface area contributed by atoms with E-state index >= 15 is 0 Å². The molecular formula is C15H13ClN6O. The van der Waals surface area contributed by atoms with Crippen LogP contribution in [-0.2, 0) is 6.54 Å². The molecule has 0 bridgehead atoms. The average Bonchev–Trinajstić information content (AvgIpc) is 3.02. The lowest BCUT2D eigenvalue weighted by Gasteiger charge is -2.05. The Morgan fingerprint density at radius 1 is 1.22 bits per heavy atom. The molecule has 116 valence electrons. The minimum Gasteiger partial charge on any atom is -0.334 e. The van der Waals surface area contributed by atoms with Gasteiger partial charge in [-0.2, -0.15) is 4.98 Å². The maximum absolute atomic E-state index is 11.9. The number of pyridine rings is 1. The van der Waals surface area contributed by atoms with Crippen LogP contribution in [0.5, 0.6) is 0 Å². The molecule has 3 aromatic rings. The second-order valence-electron chi connectivity index (χ2n) is 4.68. The van der Waals surface area contributed by atoms with Crippen LogP contribution in [-0.4, -0.2) is 26.2 Å². The minimum absolute atomic E-state index is 0.195. The first-order valence-corrected chi connectivity index (χ1v) is 7.20. The largest absolute Gasteiger partial charge is 0.334 e. The van der Waals surface area contributed by atoms with E-state index in [4.69, 9.17) is 11.6 Å². The second kappa shape index (κ2) is 6.89. The van der Waals surface area contributed by atoms with Crippen LogP contribution in [0.1, 0.15) is 5.56 Å². The fourth-order valence-electron chi connectivity index (χ4n) is 1.93. The van der Waals surface area contributed by atoms with E-state index in [1.165, 1.54) is 0 Å². The van der Waals surface area contributed by atoms with Crippen molar-refractivity contribution in [2.45, 2.75) is 6.54 Å². The van der Waals surface area contributed by atoms with Crippen molar-refractivity contribution in [3.8, 4) is 11.4 Å². The third-order valence-electron chi connectivity index (χ3n) is 3.01. The molecule has 0 aliphatic heterocycles. The van der Waals surface area contributed by atoms with Gasteiger partial charge in [-0.25, -0.2) is 4.79 Å². The van der Waals surface area contributed by atoms with E-state index in [1.807, 2.05) is 12.1 Å². The van der Waals surface area contributed by atoms with Crippen LogP contribution in [0.4, 0.5) is 10.7 Å². The first-order valence-electron chi connectivity index (χ1n) is 6.83. The zero-order valence-corrected chi connectivity index (χ0v) is 12.7. The van der Waals surface area contributed by atoms with Crippen LogP contribution < -0.4 is 10.6 Å². The normalized spacial score (nSPS) is 10.3. The number of halogens is 1. The third kappa shape index (κ3) is 4.04. The fourth-order valence-corrected chi connectivity index (χ4v) is 2.14. The molecule has 8 heteroatoms. The predicted octanol–water partition coefficient (Wildman–Crippen LogP) is 2.84. The summed E-state index contributed by atoms with van der Waals surface area (Å²) in [5.74, 6) is 0.748. The molecule has 2 aromatic heterocycles. The zero-order chi connectivity index (χ0) is 16.1. The molecule has 7 nitrogen and oxygen atoms in total. The Morgan fingerprint density at radius 3 is 2.83 bits per heavy atom. The molecule has 0 saturated heterocycles. The van der Waals surface area contributed by atoms with Crippen LogP contribution >= 0.6 is 11.6 Å². The average molecular weight is 329 g/mol. The number of carbonyl (C=O) groups is 1. The van der Waals surface area contributed by atoms with Crippen LogP contribution in [0, 0.1) is 0 Å². The molecule has 0 aliphatic rings. The number of anilines is 1. The summed E-state index contributed by atoms with van der Waals surface area (Å²) in [6, 6.07) is 10.5. The summed E-state index contributed by atoms with van der Waals surface area (Å²) < 4.78 is 0. The summed E-state index contributed by atoms with van der Waals surface area (Å²) in [5, 5.41) is 12.6. The fraction of sp³-hybridized carbons (Fsp3) is 0.0667. The van der Waals surface area contributed by atoms with E-state index in [9.17, 15) is 4.79 Å². The Bertz CT molecular complexity index is 804. The molecule has 0 saturated carbocycles. The molecule has 1 aromatic carbocycles. The Kier molecular flexibility index (Phi) is 4.49. The van der Waals surface area contributed by atoms with E-state index in [1.54, 1.807) is 36.7 Å². The number of rotatable bonds is 4. The molecule has 0 atom stereocenters. The summed E-state index contributed by atoms with van der Waals surface area (Å²) in [6.45, 7) is 0.355. The highest BCUT2D eigenvalue weighted by Gasteiger charge is 2.08. The SMILES string of the molecule is O=C(NCc1cccc(Cl)c1)Nc1n[nH]c(-c2ccncc2)n1. The topological polar surface area (TPSA) is 95.6 Å². The van der Waals surface area contributed by atoms with Gasteiger partial charge in [0.15, 0.2) is 5.82 Å². The number of carbonyl (C=O) groups excluding carboxylic acids is 1. The van der Waals surface area contributed by atoms with Gasteiger partial charge in [-0.1, -0.05) is 23.7 Å². The summed E-state index contributed by atoms with van der Waals surface area (Å²) in [4.78, 5) is 20.0. The first kappa shape index (κ1) is 15.0. The maximum atomic E-state index is 11.9. The van der Waals surface area contributed by atoms with Gasteiger partial charge in [0.25, 0.3) is 0 Å². The van der Waals surface area contributed by atoms with Gasteiger partial charge in [0, 0.05) is 29.5 Å². The van der Waals surface area contributed by atoms with Gasteiger partial charge in [0.1, 0.15) is 0 Å². The molecule has 3 N–H and O–H groups in total. The van der Waals surface area contributed by atoms with Crippen molar-refractivity contribution < 1.29 is 4.79 Å². The quantitative estimate of drug-likeness (QED) is 0.686. The number of hydrogen-bond acceptors (Lipinski definition) is 4. The van der Waals surface area contributed by atoms with Gasteiger partial charge in [-0.05, 0) is 29.8 Å². The monoisotopic (exact) mass is 328 g/mol. The van der Waals surface area contributed by atoms with Gasteiger partial charge in [0.05, 0.1) is 0 Å². The minimum atomic E-state index is -0.398. The van der Waals surface area contributed by atoms with E-state index in [2.05, 4.69) is 30.8 Å². The zero-order valence-electron chi connectivity index (χ0n) is 12.0. The number of aromatic nitrogens is 4. The summed E-state index contributed by atoms with van der Waals surface area (Å²) in [7, 11) is 0. The molecule has 0 fully saturated rings. The predicted molar refractivity (Wildman–Crippen MR) is 86.9 cm³/mol. The molecule has 2 heterocycles. The Labute approximate surface area is 137 Å². The summed E-state index contributed by atoms with van der Waals surface area (Å²) in [6.07, 6.45) is 3.31. The number of H-pyrrole nitrogens is 1. The van der Waals surface area contributed by atoms with Gasteiger partial charge in [-0.15, -0.1) is 5.10 Å². The Hall–Kier alpha value is -2.93. The van der Waals surface area contributed by atoms with E-state index < -0.39 is 6.03 Å². The van der Waals surface area contributed by atoms with Crippen molar-refractivity contribution in [1.29, 1.82) is 0 Å². The lowest BCUT2D eigenvalue weighted by molar-refractivity contribution is 0.251. The summed E-state index contributed by atoms with van der Waals surface area (Å²) in [5.41, 5.74) is 1.74. The lowest BCUT2D eigenvalue weighted by Crippen LogP contribution is -2.28. The van der Waals surface area contributed by atoms with Gasteiger partial charge >= 0.3 is 6.03 Å². The van der Waals surface area contributed by atoms with Gasteiger partial charge in [-0.3, -0.25) is 15.4 Å². The number of hydrogen-bond donors (Lipinski definition) is 3. The molecule has 0 unspecified atom stereocenters. The molecule has 0 aliphatic carbocycles. The number of urea groups is 1. The highest BCUT2D eigenvalue weighted by Crippen LogP contribution is 2.14. The van der Waals surface area contributed by atoms with E-state index in [0.29, 0.717) is 17.4 Å². The number of nitrogens with zero attached hydrogens (tertiary/aromatic N) is 3. The highest BCUT2D eigenvalue weighted by molar-refractivity contribution is 6.30. The second-order valence-corrected chi connectivity index (χ2v) is 5.12.